The molecule has 1 amide bonds. The van der Waals surface area contributed by atoms with Gasteiger partial charge in [-0.15, -0.1) is 0 Å². The van der Waals surface area contributed by atoms with Crippen molar-refractivity contribution in [2.45, 2.75) is 20.4 Å². The van der Waals surface area contributed by atoms with Gasteiger partial charge in [0, 0.05) is 11.6 Å². The van der Waals surface area contributed by atoms with Gasteiger partial charge in [-0.25, -0.2) is 4.98 Å². The van der Waals surface area contributed by atoms with Crippen molar-refractivity contribution in [2.75, 3.05) is 0 Å². The number of carbonyl (C=O) groups is 1. The van der Waals surface area contributed by atoms with Crippen LogP contribution >= 0.6 is 0 Å². The first-order valence-electron chi connectivity index (χ1n) is 6.87. The van der Waals surface area contributed by atoms with Crippen molar-refractivity contribution in [3.05, 3.63) is 59.5 Å². The first kappa shape index (κ1) is 14.1. The predicted molar refractivity (Wildman–Crippen MR) is 79.1 cm³/mol. The number of aryl methyl sites for hydroxylation is 2. The monoisotopic (exact) mass is 297 g/mol. The normalized spacial score (nSPS) is 10.6. The van der Waals surface area contributed by atoms with Crippen molar-refractivity contribution in [1.29, 1.82) is 0 Å². The summed E-state index contributed by atoms with van der Waals surface area (Å²) in [6.45, 7) is 3.89. The van der Waals surface area contributed by atoms with Gasteiger partial charge in [0.25, 0.3) is 5.91 Å². The second-order valence-electron chi connectivity index (χ2n) is 4.87. The molecule has 2 aromatic heterocycles. The molecule has 0 radical (unpaired) electrons. The van der Waals surface area contributed by atoms with Crippen LogP contribution in [0.2, 0.25) is 0 Å². The van der Waals surface area contributed by atoms with Crippen LogP contribution in [0.25, 0.3) is 11.3 Å². The average Bonchev–Trinajstić information content (AvgIpc) is 3.14. The van der Waals surface area contributed by atoms with Gasteiger partial charge in [0.2, 0.25) is 11.7 Å². The van der Waals surface area contributed by atoms with Crippen LogP contribution in [0.1, 0.15) is 27.9 Å². The van der Waals surface area contributed by atoms with E-state index in [1.807, 2.05) is 44.2 Å². The molecule has 6 heteroatoms. The molecule has 1 N–H and O–H groups in total. The number of aromatic nitrogens is 2. The van der Waals surface area contributed by atoms with Crippen LogP contribution in [-0.2, 0) is 6.54 Å². The number of oxazole rings is 1. The summed E-state index contributed by atoms with van der Waals surface area (Å²) in [5, 5.41) is 6.60. The lowest BCUT2D eigenvalue weighted by Crippen LogP contribution is -2.22. The molecule has 1 aromatic carbocycles. The Kier molecular flexibility index (Phi) is 3.74. The molecular formula is C16H15N3O3. The van der Waals surface area contributed by atoms with Crippen LogP contribution < -0.4 is 5.32 Å². The fraction of sp³-hybridized carbons (Fsp3) is 0.188. The molecule has 0 unspecified atom stereocenters. The zero-order chi connectivity index (χ0) is 15.5. The van der Waals surface area contributed by atoms with Crippen molar-refractivity contribution in [3.63, 3.8) is 0 Å². The Labute approximate surface area is 127 Å². The Hall–Kier alpha value is -2.89. The third kappa shape index (κ3) is 2.90. The van der Waals surface area contributed by atoms with E-state index in [0.29, 0.717) is 11.6 Å². The number of carbonyl (C=O) groups excluding carboxylic acids is 1. The van der Waals surface area contributed by atoms with Gasteiger partial charge in [-0.2, -0.15) is 0 Å². The molecule has 0 saturated heterocycles. The summed E-state index contributed by atoms with van der Waals surface area (Å²) >= 11 is 0. The van der Waals surface area contributed by atoms with E-state index >= 15 is 0 Å². The fourth-order valence-corrected chi connectivity index (χ4v) is 1.98. The summed E-state index contributed by atoms with van der Waals surface area (Å²) in [6.07, 6.45) is 0. The molecule has 0 fully saturated rings. The van der Waals surface area contributed by atoms with E-state index in [-0.39, 0.29) is 18.2 Å². The number of rotatable bonds is 4. The summed E-state index contributed by atoms with van der Waals surface area (Å²) in [5.74, 6) is 1.00. The highest BCUT2D eigenvalue weighted by atomic mass is 16.5. The van der Waals surface area contributed by atoms with Gasteiger partial charge in [0.05, 0.1) is 12.2 Å². The zero-order valence-electron chi connectivity index (χ0n) is 12.3. The van der Waals surface area contributed by atoms with Crippen LogP contribution in [0.4, 0.5) is 0 Å². The van der Waals surface area contributed by atoms with E-state index in [1.165, 1.54) is 0 Å². The van der Waals surface area contributed by atoms with Crippen LogP contribution in [0.5, 0.6) is 0 Å². The molecule has 0 aliphatic carbocycles. The molecule has 0 aliphatic heterocycles. The fourth-order valence-electron chi connectivity index (χ4n) is 1.98. The van der Waals surface area contributed by atoms with Gasteiger partial charge in [-0.05, 0) is 13.8 Å². The summed E-state index contributed by atoms with van der Waals surface area (Å²) in [4.78, 5) is 16.2. The quantitative estimate of drug-likeness (QED) is 0.800. The summed E-state index contributed by atoms with van der Waals surface area (Å²) in [6, 6.07) is 11.1. The lowest BCUT2D eigenvalue weighted by Gasteiger charge is -1.97. The predicted octanol–water partition coefficient (Wildman–Crippen LogP) is 2.88. The van der Waals surface area contributed by atoms with Gasteiger partial charge in [0.15, 0.2) is 0 Å². The second-order valence-corrected chi connectivity index (χ2v) is 4.87. The minimum absolute atomic E-state index is 0.152. The lowest BCUT2D eigenvalue weighted by molar-refractivity contribution is 0.0910. The largest absolute Gasteiger partial charge is 0.444 e. The van der Waals surface area contributed by atoms with E-state index in [1.54, 1.807) is 6.07 Å². The van der Waals surface area contributed by atoms with Crippen LogP contribution in [-0.4, -0.2) is 16.0 Å². The standard InChI is InChI=1S/C16H15N3O3/c1-10-11(2)21-15(18-10)9-17-16(20)14-8-13(19-22-14)12-6-4-3-5-7-12/h3-8H,9H2,1-2H3,(H,17,20). The zero-order valence-corrected chi connectivity index (χ0v) is 12.3. The van der Waals surface area contributed by atoms with Crippen molar-refractivity contribution >= 4 is 5.91 Å². The molecule has 22 heavy (non-hydrogen) atoms. The lowest BCUT2D eigenvalue weighted by atomic mass is 10.1. The maximum absolute atomic E-state index is 12.0. The summed E-state index contributed by atoms with van der Waals surface area (Å²) in [5.41, 5.74) is 2.33. The SMILES string of the molecule is Cc1nc(CNC(=O)c2cc(-c3ccccc3)no2)oc1C. The van der Waals surface area contributed by atoms with Crippen LogP contribution in [0.15, 0.2) is 45.3 Å². The maximum atomic E-state index is 12.0. The van der Waals surface area contributed by atoms with Gasteiger partial charge >= 0.3 is 0 Å². The van der Waals surface area contributed by atoms with Gasteiger partial charge in [-0.3, -0.25) is 4.79 Å². The maximum Gasteiger partial charge on any atom is 0.290 e. The number of amides is 1. The number of nitrogens with zero attached hydrogens (tertiary/aromatic N) is 2. The molecule has 6 nitrogen and oxygen atoms in total. The summed E-state index contributed by atoms with van der Waals surface area (Å²) in [7, 11) is 0. The minimum Gasteiger partial charge on any atom is -0.444 e. The molecule has 2 heterocycles. The highest BCUT2D eigenvalue weighted by molar-refractivity contribution is 5.92. The average molecular weight is 297 g/mol. The summed E-state index contributed by atoms with van der Waals surface area (Å²) < 4.78 is 10.5. The van der Waals surface area contributed by atoms with E-state index in [2.05, 4.69) is 15.5 Å². The molecule has 3 rings (SSSR count). The van der Waals surface area contributed by atoms with Gasteiger partial charge in [0.1, 0.15) is 11.5 Å². The first-order chi connectivity index (χ1) is 10.6. The van der Waals surface area contributed by atoms with Crippen LogP contribution in [0, 0.1) is 13.8 Å². The van der Waals surface area contributed by atoms with E-state index in [9.17, 15) is 4.79 Å². The van der Waals surface area contributed by atoms with E-state index in [0.717, 1.165) is 17.0 Å². The topological polar surface area (TPSA) is 81.2 Å². The Morgan fingerprint density at radius 2 is 2.00 bits per heavy atom. The Bertz CT molecular complexity index is 771. The molecule has 112 valence electrons. The number of nitrogens with one attached hydrogen (secondary N) is 1. The van der Waals surface area contributed by atoms with E-state index in [4.69, 9.17) is 8.94 Å². The highest BCUT2D eigenvalue weighted by Gasteiger charge is 2.15. The highest BCUT2D eigenvalue weighted by Crippen LogP contribution is 2.18. The molecule has 0 spiro atoms. The minimum atomic E-state index is -0.358. The third-order valence-corrected chi connectivity index (χ3v) is 3.28. The van der Waals surface area contributed by atoms with Crippen molar-refractivity contribution in [1.82, 2.24) is 15.5 Å². The molecular weight excluding hydrogens is 282 g/mol. The van der Waals surface area contributed by atoms with E-state index < -0.39 is 0 Å². The molecule has 0 bridgehead atoms. The number of benzene rings is 1. The van der Waals surface area contributed by atoms with Crippen LogP contribution in [0.3, 0.4) is 0 Å². The van der Waals surface area contributed by atoms with Gasteiger partial charge < -0.3 is 14.3 Å². The second kappa shape index (κ2) is 5.85. The van der Waals surface area contributed by atoms with Crippen molar-refractivity contribution in [2.24, 2.45) is 0 Å². The number of hydrogen-bond acceptors (Lipinski definition) is 5. The number of hydrogen-bond donors (Lipinski definition) is 1. The Morgan fingerprint density at radius 1 is 1.23 bits per heavy atom. The third-order valence-electron chi connectivity index (χ3n) is 3.28. The molecule has 3 aromatic rings. The molecule has 0 aliphatic rings. The molecule has 0 saturated carbocycles. The van der Waals surface area contributed by atoms with Crippen molar-refractivity contribution < 1.29 is 13.7 Å². The van der Waals surface area contributed by atoms with Crippen molar-refractivity contribution in [3.8, 4) is 11.3 Å². The smallest absolute Gasteiger partial charge is 0.290 e. The molecule has 0 atom stereocenters. The Balaban J connectivity index is 1.67. The van der Waals surface area contributed by atoms with Gasteiger partial charge in [-0.1, -0.05) is 35.5 Å². The Morgan fingerprint density at radius 3 is 2.68 bits per heavy atom. The first-order valence-corrected chi connectivity index (χ1v) is 6.87.